The molecule has 1 aliphatic rings. The summed E-state index contributed by atoms with van der Waals surface area (Å²) in [6.07, 6.45) is 8.49. The van der Waals surface area contributed by atoms with E-state index in [1.807, 2.05) is 16.9 Å². The first-order valence-electron chi connectivity index (χ1n) is 5.48. The van der Waals surface area contributed by atoms with Crippen LogP contribution in [0.5, 0.6) is 0 Å². The minimum absolute atomic E-state index is 0.0417. The van der Waals surface area contributed by atoms with Gasteiger partial charge in [-0.15, -0.1) is 0 Å². The van der Waals surface area contributed by atoms with E-state index in [4.69, 9.17) is 5.11 Å². The molecule has 0 spiro atoms. The lowest BCUT2D eigenvalue weighted by Crippen LogP contribution is -2.21. The standard InChI is InChI=1S/C11H16N2O2/c14-11(15)8-10(9-4-1-2-5-9)13-7-3-6-12-13/h3,6-7,9-10H,1-2,4-5,8H2,(H,14,15)/t10-/m1/s1. The molecule has 4 heteroatoms. The molecule has 1 saturated carbocycles. The Morgan fingerprint density at radius 2 is 2.27 bits per heavy atom. The van der Waals surface area contributed by atoms with Crippen LogP contribution in [0.4, 0.5) is 0 Å². The Bertz CT molecular complexity index is 315. The van der Waals surface area contributed by atoms with Gasteiger partial charge < -0.3 is 5.11 Å². The van der Waals surface area contributed by atoms with E-state index in [1.165, 1.54) is 12.8 Å². The normalized spacial score (nSPS) is 19.2. The maximum Gasteiger partial charge on any atom is 0.305 e. The summed E-state index contributed by atoms with van der Waals surface area (Å²) in [5, 5.41) is 13.1. The maximum atomic E-state index is 10.8. The Morgan fingerprint density at radius 1 is 1.53 bits per heavy atom. The molecule has 0 aromatic carbocycles. The van der Waals surface area contributed by atoms with Crippen molar-refractivity contribution in [2.24, 2.45) is 5.92 Å². The molecule has 0 bridgehead atoms. The fraction of sp³-hybridized carbons (Fsp3) is 0.636. The van der Waals surface area contributed by atoms with Gasteiger partial charge in [-0.2, -0.15) is 5.10 Å². The molecule has 1 heterocycles. The Labute approximate surface area is 88.9 Å². The summed E-state index contributed by atoms with van der Waals surface area (Å²) < 4.78 is 1.81. The number of aliphatic carboxylic acids is 1. The first kappa shape index (κ1) is 10.2. The smallest absolute Gasteiger partial charge is 0.305 e. The van der Waals surface area contributed by atoms with E-state index in [0.717, 1.165) is 12.8 Å². The summed E-state index contributed by atoms with van der Waals surface area (Å²) in [7, 11) is 0. The molecule has 1 aromatic heterocycles. The molecule has 1 aliphatic carbocycles. The van der Waals surface area contributed by atoms with Gasteiger partial charge in [-0.25, -0.2) is 0 Å². The molecule has 0 amide bonds. The number of carboxylic acid groups (broad SMARTS) is 1. The number of hydrogen-bond donors (Lipinski definition) is 1. The fourth-order valence-electron chi connectivity index (χ4n) is 2.47. The van der Waals surface area contributed by atoms with Crippen LogP contribution in [0.1, 0.15) is 38.1 Å². The first-order chi connectivity index (χ1) is 7.27. The van der Waals surface area contributed by atoms with Crippen molar-refractivity contribution in [1.82, 2.24) is 9.78 Å². The van der Waals surface area contributed by atoms with Gasteiger partial charge in [-0.3, -0.25) is 9.48 Å². The van der Waals surface area contributed by atoms with Crippen LogP contribution in [0.3, 0.4) is 0 Å². The summed E-state index contributed by atoms with van der Waals surface area (Å²) in [6.45, 7) is 0. The molecule has 1 fully saturated rings. The third-order valence-corrected chi connectivity index (χ3v) is 3.19. The van der Waals surface area contributed by atoms with Crippen LogP contribution in [0, 0.1) is 5.92 Å². The lowest BCUT2D eigenvalue weighted by atomic mass is 9.95. The van der Waals surface area contributed by atoms with Crippen LogP contribution >= 0.6 is 0 Å². The molecule has 1 atom stereocenters. The van der Waals surface area contributed by atoms with Crippen molar-refractivity contribution >= 4 is 5.97 Å². The van der Waals surface area contributed by atoms with E-state index < -0.39 is 5.97 Å². The number of aromatic nitrogens is 2. The molecule has 1 aromatic rings. The molecule has 0 aliphatic heterocycles. The van der Waals surface area contributed by atoms with E-state index in [0.29, 0.717) is 5.92 Å². The molecule has 0 saturated heterocycles. The van der Waals surface area contributed by atoms with Gasteiger partial charge in [0.2, 0.25) is 0 Å². The van der Waals surface area contributed by atoms with E-state index in [9.17, 15) is 4.79 Å². The van der Waals surface area contributed by atoms with E-state index in [2.05, 4.69) is 5.10 Å². The molecule has 4 nitrogen and oxygen atoms in total. The summed E-state index contributed by atoms with van der Waals surface area (Å²) in [6, 6.07) is 1.89. The van der Waals surface area contributed by atoms with Crippen molar-refractivity contribution in [2.75, 3.05) is 0 Å². The Hall–Kier alpha value is -1.32. The van der Waals surface area contributed by atoms with Crippen LogP contribution in [-0.4, -0.2) is 20.9 Å². The van der Waals surface area contributed by atoms with Gasteiger partial charge >= 0.3 is 5.97 Å². The van der Waals surface area contributed by atoms with Gasteiger partial charge in [0, 0.05) is 12.4 Å². The fourth-order valence-corrected chi connectivity index (χ4v) is 2.47. The number of nitrogens with zero attached hydrogens (tertiary/aromatic N) is 2. The zero-order chi connectivity index (χ0) is 10.7. The van der Waals surface area contributed by atoms with Gasteiger partial charge in [0.1, 0.15) is 0 Å². The molecule has 0 unspecified atom stereocenters. The lowest BCUT2D eigenvalue weighted by Gasteiger charge is -2.22. The van der Waals surface area contributed by atoms with Gasteiger partial charge in [0.15, 0.2) is 0 Å². The SMILES string of the molecule is O=C(O)C[C@H](C1CCCC1)n1cccn1. The molecule has 2 rings (SSSR count). The van der Waals surface area contributed by atoms with Crippen molar-refractivity contribution in [2.45, 2.75) is 38.1 Å². The van der Waals surface area contributed by atoms with Crippen LogP contribution in [0.25, 0.3) is 0 Å². The molecular weight excluding hydrogens is 192 g/mol. The average Bonchev–Trinajstić information content (AvgIpc) is 2.87. The van der Waals surface area contributed by atoms with Crippen molar-refractivity contribution in [1.29, 1.82) is 0 Å². The highest BCUT2D eigenvalue weighted by Gasteiger charge is 2.28. The Balaban J connectivity index is 2.12. The van der Waals surface area contributed by atoms with Gasteiger partial charge in [0.05, 0.1) is 12.5 Å². The van der Waals surface area contributed by atoms with Crippen molar-refractivity contribution in [3.05, 3.63) is 18.5 Å². The average molecular weight is 208 g/mol. The second-order valence-electron chi connectivity index (χ2n) is 4.20. The largest absolute Gasteiger partial charge is 0.481 e. The third-order valence-electron chi connectivity index (χ3n) is 3.19. The quantitative estimate of drug-likeness (QED) is 0.824. The topological polar surface area (TPSA) is 55.1 Å². The Kier molecular flexibility index (Phi) is 3.04. The Morgan fingerprint density at radius 3 is 2.80 bits per heavy atom. The van der Waals surface area contributed by atoms with E-state index >= 15 is 0 Å². The molecule has 15 heavy (non-hydrogen) atoms. The minimum atomic E-state index is -0.734. The summed E-state index contributed by atoms with van der Waals surface area (Å²) >= 11 is 0. The van der Waals surface area contributed by atoms with Gasteiger partial charge in [-0.1, -0.05) is 12.8 Å². The van der Waals surface area contributed by atoms with Crippen molar-refractivity contribution in [3.63, 3.8) is 0 Å². The molecule has 1 N–H and O–H groups in total. The molecule has 82 valence electrons. The molecular formula is C11H16N2O2. The van der Waals surface area contributed by atoms with Crippen LogP contribution < -0.4 is 0 Å². The monoisotopic (exact) mass is 208 g/mol. The summed E-state index contributed by atoms with van der Waals surface area (Å²) in [5.74, 6) is -0.247. The summed E-state index contributed by atoms with van der Waals surface area (Å²) in [5.41, 5.74) is 0. The number of rotatable bonds is 4. The zero-order valence-corrected chi connectivity index (χ0v) is 8.67. The summed E-state index contributed by atoms with van der Waals surface area (Å²) in [4.78, 5) is 10.8. The van der Waals surface area contributed by atoms with Crippen LogP contribution in [0.15, 0.2) is 18.5 Å². The second-order valence-corrected chi connectivity index (χ2v) is 4.20. The third kappa shape index (κ3) is 2.37. The van der Waals surface area contributed by atoms with Gasteiger partial charge in [0.25, 0.3) is 0 Å². The highest BCUT2D eigenvalue weighted by atomic mass is 16.4. The number of hydrogen-bond acceptors (Lipinski definition) is 2. The van der Waals surface area contributed by atoms with E-state index in [1.54, 1.807) is 6.20 Å². The van der Waals surface area contributed by atoms with Gasteiger partial charge in [-0.05, 0) is 24.8 Å². The number of carboxylic acids is 1. The number of carbonyl (C=O) groups is 1. The lowest BCUT2D eigenvalue weighted by molar-refractivity contribution is -0.138. The maximum absolute atomic E-state index is 10.8. The van der Waals surface area contributed by atoms with E-state index in [-0.39, 0.29) is 12.5 Å². The zero-order valence-electron chi connectivity index (χ0n) is 8.67. The highest BCUT2D eigenvalue weighted by Crippen LogP contribution is 2.35. The van der Waals surface area contributed by atoms with Crippen LogP contribution in [0.2, 0.25) is 0 Å². The van der Waals surface area contributed by atoms with Crippen molar-refractivity contribution < 1.29 is 9.90 Å². The second kappa shape index (κ2) is 4.47. The minimum Gasteiger partial charge on any atom is -0.481 e. The molecule has 0 radical (unpaired) electrons. The van der Waals surface area contributed by atoms with Crippen LogP contribution in [-0.2, 0) is 4.79 Å². The van der Waals surface area contributed by atoms with Crippen molar-refractivity contribution in [3.8, 4) is 0 Å². The first-order valence-corrected chi connectivity index (χ1v) is 5.48. The predicted molar refractivity (Wildman–Crippen MR) is 55.5 cm³/mol. The predicted octanol–water partition coefficient (Wildman–Crippen LogP) is 2.09. The highest BCUT2D eigenvalue weighted by molar-refractivity contribution is 5.67.